The second-order valence-corrected chi connectivity index (χ2v) is 4.89. The standard InChI is InChI=1S/C14H18N2O2/c1-10-5-6-13(14-12(10)8-16(2)15-14)18-9-11-4-3-7-17-11/h5-6,8,11H,3-4,7,9H2,1-2H3. The molecular weight excluding hydrogens is 228 g/mol. The summed E-state index contributed by atoms with van der Waals surface area (Å²) in [6.07, 6.45) is 4.51. The fourth-order valence-electron chi connectivity index (χ4n) is 2.40. The van der Waals surface area contributed by atoms with Crippen LogP contribution in [0, 0.1) is 6.92 Å². The van der Waals surface area contributed by atoms with Crippen LogP contribution in [0.2, 0.25) is 0 Å². The normalized spacial score (nSPS) is 19.6. The molecule has 1 unspecified atom stereocenters. The molecule has 96 valence electrons. The molecule has 0 saturated carbocycles. The molecule has 18 heavy (non-hydrogen) atoms. The van der Waals surface area contributed by atoms with Crippen molar-refractivity contribution in [3.05, 3.63) is 23.9 Å². The lowest BCUT2D eigenvalue weighted by Gasteiger charge is -2.12. The lowest BCUT2D eigenvalue weighted by Crippen LogP contribution is -2.16. The van der Waals surface area contributed by atoms with Crippen molar-refractivity contribution >= 4 is 10.9 Å². The van der Waals surface area contributed by atoms with Crippen molar-refractivity contribution in [3.8, 4) is 5.75 Å². The smallest absolute Gasteiger partial charge is 0.147 e. The Morgan fingerprint density at radius 3 is 3.17 bits per heavy atom. The zero-order valence-electron chi connectivity index (χ0n) is 10.8. The Hall–Kier alpha value is -1.55. The average molecular weight is 246 g/mol. The Morgan fingerprint density at radius 2 is 2.39 bits per heavy atom. The Morgan fingerprint density at radius 1 is 1.50 bits per heavy atom. The molecule has 2 heterocycles. The van der Waals surface area contributed by atoms with Crippen molar-refractivity contribution in [1.29, 1.82) is 0 Å². The van der Waals surface area contributed by atoms with E-state index in [-0.39, 0.29) is 6.10 Å². The molecule has 1 aliphatic heterocycles. The molecule has 4 nitrogen and oxygen atoms in total. The number of rotatable bonds is 3. The minimum Gasteiger partial charge on any atom is -0.489 e. The molecule has 0 spiro atoms. The number of hydrogen-bond acceptors (Lipinski definition) is 3. The third-order valence-corrected chi connectivity index (χ3v) is 3.42. The first-order valence-corrected chi connectivity index (χ1v) is 6.41. The summed E-state index contributed by atoms with van der Waals surface area (Å²) >= 11 is 0. The number of benzene rings is 1. The largest absolute Gasteiger partial charge is 0.489 e. The molecule has 1 atom stereocenters. The summed E-state index contributed by atoms with van der Waals surface area (Å²) in [7, 11) is 1.93. The molecule has 1 saturated heterocycles. The van der Waals surface area contributed by atoms with Gasteiger partial charge in [-0.25, -0.2) is 0 Å². The van der Waals surface area contributed by atoms with E-state index in [0.717, 1.165) is 36.1 Å². The van der Waals surface area contributed by atoms with Crippen LogP contribution in [0.25, 0.3) is 10.9 Å². The second kappa shape index (κ2) is 4.61. The fourth-order valence-corrected chi connectivity index (χ4v) is 2.40. The van der Waals surface area contributed by atoms with Crippen molar-refractivity contribution in [2.75, 3.05) is 13.2 Å². The van der Waals surface area contributed by atoms with Crippen LogP contribution in [0.4, 0.5) is 0 Å². The van der Waals surface area contributed by atoms with Crippen LogP contribution in [-0.2, 0) is 11.8 Å². The minimum atomic E-state index is 0.241. The Bertz CT molecular complexity index is 556. The van der Waals surface area contributed by atoms with Gasteiger partial charge in [0, 0.05) is 25.2 Å². The van der Waals surface area contributed by atoms with Gasteiger partial charge in [0.1, 0.15) is 17.9 Å². The van der Waals surface area contributed by atoms with Crippen LogP contribution in [-0.4, -0.2) is 29.1 Å². The molecular formula is C14H18N2O2. The van der Waals surface area contributed by atoms with E-state index in [2.05, 4.69) is 18.1 Å². The van der Waals surface area contributed by atoms with Gasteiger partial charge in [0.05, 0.1) is 6.10 Å². The molecule has 1 aliphatic rings. The quantitative estimate of drug-likeness (QED) is 0.834. The van der Waals surface area contributed by atoms with Gasteiger partial charge >= 0.3 is 0 Å². The third kappa shape index (κ3) is 2.08. The molecule has 0 amide bonds. The lowest BCUT2D eigenvalue weighted by molar-refractivity contribution is 0.0684. The molecule has 1 aromatic carbocycles. The first-order valence-electron chi connectivity index (χ1n) is 6.41. The monoisotopic (exact) mass is 246 g/mol. The molecule has 0 aliphatic carbocycles. The Kier molecular flexibility index (Phi) is 2.96. The predicted molar refractivity (Wildman–Crippen MR) is 69.9 cm³/mol. The van der Waals surface area contributed by atoms with Gasteiger partial charge < -0.3 is 9.47 Å². The summed E-state index contributed by atoms with van der Waals surface area (Å²) in [6, 6.07) is 4.08. The van der Waals surface area contributed by atoms with E-state index in [0.29, 0.717) is 6.61 Å². The van der Waals surface area contributed by atoms with E-state index in [1.807, 2.05) is 24.0 Å². The van der Waals surface area contributed by atoms with E-state index in [1.165, 1.54) is 5.56 Å². The van der Waals surface area contributed by atoms with E-state index in [1.54, 1.807) is 0 Å². The van der Waals surface area contributed by atoms with Gasteiger partial charge in [-0.1, -0.05) is 6.07 Å². The highest BCUT2D eigenvalue weighted by Gasteiger charge is 2.17. The minimum absolute atomic E-state index is 0.241. The van der Waals surface area contributed by atoms with Gasteiger partial charge in [-0.15, -0.1) is 0 Å². The van der Waals surface area contributed by atoms with Crippen LogP contribution in [0.3, 0.4) is 0 Å². The highest BCUT2D eigenvalue weighted by molar-refractivity contribution is 5.87. The number of ether oxygens (including phenoxy) is 2. The first kappa shape index (κ1) is 11.5. The van der Waals surface area contributed by atoms with Crippen molar-refractivity contribution in [2.45, 2.75) is 25.9 Å². The van der Waals surface area contributed by atoms with Crippen LogP contribution in [0.15, 0.2) is 18.3 Å². The van der Waals surface area contributed by atoms with Crippen molar-refractivity contribution in [3.63, 3.8) is 0 Å². The number of hydrogen-bond donors (Lipinski definition) is 0. The highest BCUT2D eigenvalue weighted by atomic mass is 16.5. The molecule has 4 heteroatoms. The molecule has 2 aromatic rings. The van der Waals surface area contributed by atoms with E-state index >= 15 is 0 Å². The lowest BCUT2D eigenvalue weighted by atomic mass is 10.1. The van der Waals surface area contributed by atoms with E-state index in [4.69, 9.17) is 9.47 Å². The van der Waals surface area contributed by atoms with Gasteiger partial charge in [-0.2, -0.15) is 5.10 Å². The Labute approximate surface area is 106 Å². The number of aromatic nitrogens is 2. The molecule has 0 bridgehead atoms. The summed E-state index contributed by atoms with van der Waals surface area (Å²) in [5.41, 5.74) is 2.16. The van der Waals surface area contributed by atoms with Crippen molar-refractivity contribution in [1.82, 2.24) is 9.78 Å². The van der Waals surface area contributed by atoms with Gasteiger partial charge in [0.15, 0.2) is 0 Å². The highest BCUT2D eigenvalue weighted by Crippen LogP contribution is 2.27. The topological polar surface area (TPSA) is 36.3 Å². The van der Waals surface area contributed by atoms with Crippen LogP contribution in [0.1, 0.15) is 18.4 Å². The predicted octanol–water partition coefficient (Wildman–Crippen LogP) is 2.44. The summed E-state index contributed by atoms with van der Waals surface area (Å²) in [6.45, 7) is 3.57. The van der Waals surface area contributed by atoms with E-state index in [9.17, 15) is 0 Å². The summed E-state index contributed by atoms with van der Waals surface area (Å²) in [4.78, 5) is 0. The first-order chi connectivity index (χ1) is 8.74. The number of nitrogens with zero attached hydrogens (tertiary/aromatic N) is 2. The van der Waals surface area contributed by atoms with Crippen molar-refractivity contribution < 1.29 is 9.47 Å². The number of aryl methyl sites for hydroxylation is 2. The zero-order chi connectivity index (χ0) is 12.5. The van der Waals surface area contributed by atoms with Gasteiger partial charge in [-0.3, -0.25) is 4.68 Å². The maximum atomic E-state index is 5.87. The Balaban J connectivity index is 1.84. The van der Waals surface area contributed by atoms with Gasteiger partial charge in [0.25, 0.3) is 0 Å². The molecule has 3 rings (SSSR count). The maximum Gasteiger partial charge on any atom is 0.147 e. The molecule has 0 N–H and O–H groups in total. The third-order valence-electron chi connectivity index (χ3n) is 3.42. The summed E-state index contributed by atoms with van der Waals surface area (Å²) in [5, 5.41) is 5.62. The van der Waals surface area contributed by atoms with Gasteiger partial charge in [-0.05, 0) is 31.4 Å². The number of fused-ring (bicyclic) bond motifs is 1. The average Bonchev–Trinajstić information content (AvgIpc) is 2.97. The van der Waals surface area contributed by atoms with Crippen LogP contribution in [0.5, 0.6) is 5.75 Å². The molecule has 0 radical (unpaired) electrons. The maximum absolute atomic E-state index is 5.87. The molecule has 1 aromatic heterocycles. The second-order valence-electron chi connectivity index (χ2n) is 4.89. The van der Waals surface area contributed by atoms with E-state index < -0.39 is 0 Å². The zero-order valence-corrected chi connectivity index (χ0v) is 10.8. The fraction of sp³-hybridized carbons (Fsp3) is 0.500. The summed E-state index contributed by atoms with van der Waals surface area (Å²) in [5.74, 6) is 0.853. The summed E-state index contributed by atoms with van der Waals surface area (Å²) < 4.78 is 13.3. The van der Waals surface area contributed by atoms with Crippen LogP contribution >= 0.6 is 0 Å². The van der Waals surface area contributed by atoms with Crippen molar-refractivity contribution in [2.24, 2.45) is 7.05 Å². The SMILES string of the molecule is Cc1ccc(OCC2CCCO2)c2nn(C)cc12. The molecule has 1 fully saturated rings. The van der Waals surface area contributed by atoms with Crippen LogP contribution < -0.4 is 4.74 Å². The van der Waals surface area contributed by atoms with Gasteiger partial charge in [0.2, 0.25) is 0 Å².